The van der Waals surface area contributed by atoms with Crippen molar-refractivity contribution < 1.29 is 19.4 Å². The fraction of sp³-hybridized carbons (Fsp3) is 0.806. The molecular formula is C31H55NO4. The summed E-state index contributed by atoms with van der Waals surface area (Å²) in [7, 11) is 0. The van der Waals surface area contributed by atoms with E-state index in [2.05, 4.69) is 12.2 Å². The van der Waals surface area contributed by atoms with Crippen LogP contribution in [-0.2, 0) is 14.3 Å². The van der Waals surface area contributed by atoms with Crippen molar-refractivity contribution in [2.24, 2.45) is 0 Å². The van der Waals surface area contributed by atoms with Gasteiger partial charge in [0.2, 0.25) is 0 Å². The molecule has 1 aliphatic rings. The minimum Gasteiger partial charge on any atom is -0.478 e. The van der Waals surface area contributed by atoms with Crippen molar-refractivity contribution in [2.75, 3.05) is 6.61 Å². The van der Waals surface area contributed by atoms with Crippen LogP contribution in [0.3, 0.4) is 0 Å². The fourth-order valence-corrected chi connectivity index (χ4v) is 4.94. The summed E-state index contributed by atoms with van der Waals surface area (Å²) in [6, 6.07) is 0. The molecule has 208 valence electrons. The first kappa shape index (κ1) is 32.2. The third-order valence-corrected chi connectivity index (χ3v) is 7.37. The van der Waals surface area contributed by atoms with Crippen molar-refractivity contribution in [1.29, 1.82) is 0 Å². The molecule has 0 atom stereocenters. The highest BCUT2D eigenvalue weighted by Crippen LogP contribution is 2.24. The Morgan fingerprint density at radius 2 is 1.00 bits per heavy atom. The van der Waals surface area contributed by atoms with Gasteiger partial charge in [-0.3, -0.25) is 0 Å². The number of allylic oxidation sites excluding steroid dienone is 2. The molecule has 0 fully saturated rings. The number of nitrogens with one attached hydrogen (secondary N) is 1. The maximum atomic E-state index is 12.3. The molecule has 5 heteroatoms. The molecule has 0 amide bonds. The van der Waals surface area contributed by atoms with Gasteiger partial charge in [0.15, 0.2) is 0 Å². The van der Waals surface area contributed by atoms with Crippen LogP contribution < -0.4 is 5.32 Å². The largest absolute Gasteiger partial charge is 0.478 e. The van der Waals surface area contributed by atoms with E-state index in [-0.39, 0.29) is 12.0 Å². The van der Waals surface area contributed by atoms with E-state index in [1.807, 2.05) is 0 Å². The molecule has 0 bridgehead atoms. The number of carboxylic acid groups (broad SMARTS) is 1. The normalized spacial score (nSPS) is 13.8. The highest BCUT2D eigenvalue weighted by atomic mass is 16.5. The van der Waals surface area contributed by atoms with Gasteiger partial charge in [0, 0.05) is 17.8 Å². The number of hydrogen-bond donors (Lipinski definition) is 2. The Hall–Kier alpha value is -1.78. The van der Waals surface area contributed by atoms with Crippen molar-refractivity contribution in [3.8, 4) is 0 Å². The second-order valence-corrected chi connectivity index (χ2v) is 10.7. The van der Waals surface area contributed by atoms with Crippen molar-refractivity contribution in [2.45, 2.75) is 156 Å². The van der Waals surface area contributed by atoms with Crippen molar-refractivity contribution >= 4 is 11.9 Å². The van der Waals surface area contributed by atoms with Crippen LogP contribution in [0.5, 0.6) is 0 Å². The molecule has 0 radical (unpaired) electrons. The smallest absolute Gasteiger partial charge is 0.336 e. The van der Waals surface area contributed by atoms with Crippen LogP contribution in [0.4, 0.5) is 0 Å². The van der Waals surface area contributed by atoms with E-state index in [1.165, 1.54) is 116 Å². The molecule has 1 rings (SSSR count). The molecule has 0 aromatic carbocycles. The first-order valence-electron chi connectivity index (χ1n) is 15.0. The van der Waals surface area contributed by atoms with Crippen LogP contribution >= 0.6 is 0 Å². The lowest BCUT2D eigenvalue weighted by atomic mass is 9.98. The van der Waals surface area contributed by atoms with E-state index >= 15 is 0 Å². The summed E-state index contributed by atoms with van der Waals surface area (Å²) in [5.41, 5.74) is 1.93. The second kappa shape index (κ2) is 21.3. The van der Waals surface area contributed by atoms with E-state index in [1.54, 1.807) is 13.8 Å². The maximum Gasteiger partial charge on any atom is 0.336 e. The van der Waals surface area contributed by atoms with E-state index in [9.17, 15) is 14.7 Å². The zero-order chi connectivity index (χ0) is 26.4. The molecule has 36 heavy (non-hydrogen) atoms. The van der Waals surface area contributed by atoms with Gasteiger partial charge in [0.05, 0.1) is 17.8 Å². The molecule has 1 heterocycles. The van der Waals surface area contributed by atoms with Gasteiger partial charge in [-0.1, -0.05) is 129 Å². The van der Waals surface area contributed by atoms with Crippen molar-refractivity contribution in [3.63, 3.8) is 0 Å². The minimum atomic E-state index is -0.994. The maximum absolute atomic E-state index is 12.3. The van der Waals surface area contributed by atoms with E-state index in [0.29, 0.717) is 23.6 Å². The van der Waals surface area contributed by atoms with Crippen LogP contribution in [0, 0.1) is 0 Å². The van der Waals surface area contributed by atoms with Gasteiger partial charge in [0.25, 0.3) is 0 Å². The van der Waals surface area contributed by atoms with E-state index in [0.717, 1.165) is 12.8 Å². The summed E-state index contributed by atoms with van der Waals surface area (Å²) in [6.45, 7) is 6.19. The summed E-state index contributed by atoms with van der Waals surface area (Å²) < 4.78 is 5.40. The standard InChI is InChI=1S/C31H55NO4/c1-4-5-6-7-8-9-10-11-12-13-14-15-16-17-18-19-20-21-22-23-24-36-31(35)29-25-28(30(33)34)26(2)32-27(29)3/h32H,4-25H2,1-3H3,(H,33,34). The van der Waals surface area contributed by atoms with Crippen molar-refractivity contribution in [1.82, 2.24) is 5.32 Å². The quantitative estimate of drug-likeness (QED) is 0.107. The fourth-order valence-electron chi connectivity index (χ4n) is 4.94. The number of esters is 1. The van der Waals surface area contributed by atoms with Gasteiger partial charge in [0.1, 0.15) is 0 Å². The van der Waals surface area contributed by atoms with Gasteiger partial charge in [-0.2, -0.15) is 0 Å². The molecular weight excluding hydrogens is 450 g/mol. The Morgan fingerprint density at radius 1 is 0.639 bits per heavy atom. The first-order valence-corrected chi connectivity index (χ1v) is 15.0. The molecule has 0 spiro atoms. The number of ether oxygens (including phenoxy) is 1. The van der Waals surface area contributed by atoms with Crippen LogP contribution in [0.2, 0.25) is 0 Å². The van der Waals surface area contributed by atoms with Crippen molar-refractivity contribution in [3.05, 3.63) is 22.5 Å². The lowest BCUT2D eigenvalue weighted by Crippen LogP contribution is -2.26. The van der Waals surface area contributed by atoms with Gasteiger partial charge in [-0.05, 0) is 20.3 Å². The van der Waals surface area contributed by atoms with Gasteiger partial charge < -0.3 is 15.2 Å². The number of aliphatic carboxylic acids is 1. The molecule has 0 saturated carbocycles. The highest BCUT2D eigenvalue weighted by Gasteiger charge is 2.25. The molecule has 5 nitrogen and oxygen atoms in total. The van der Waals surface area contributed by atoms with Gasteiger partial charge in [-0.15, -0.1) is 0 Å². The second-order valence-electron chi connectivity index (χ2n) is 10.7. The molecule has 2 N–H and O–H groups in total. The number of carbonyl (C=O) groups is 2. The van der Waals surface area contributed by atoms with Crippen LogP contribution in [-0.4, -0.2) is 23.7 Å². The number of hydrogen-bond acceptors (Lipinski definition) is 4. The predicted molar refractivity (Wildman–Crippen MR) is 150 cm³/mol. The molecule has 0 unspecified atom stereocenters. The zero-order valence-corrected chi connectivity index (χ0v) is 23.7. The molecule has 0 aromatic heterocycles. The summed E-state index contributed by atoms with van der Waals surface area (Å²) in [5.74, 6) is -1.39. The number of carboxylic acids is 1. The van der Waals surface area contributed by atoms with E-state index < -0.39 is 11.9 Å². The lowest BCUT2D eigenvalue weighted by molar-refractivity contribution is -0.139. The summed E-state index contributed by atoms with van der Waals surface area (Å²) in [6.07, 6.45) is 26.9. The number of carbonyl (C=O) groups excluding carboxylic acids is 1. The minimum absolute atomic E-state index is 0.123. The third kappa shape index (κ3) is 15.4. The Labute approximate surface area is 221 Å². The zero-order valence-electron chi connectivity index (χ0n) is 23.7. The Kier molecular flexibility index (Phi) is 19.1. The van der Waals surface area contributed by atoms with Crippen LogP contribution in [0.1, 0.15) is 156 Å². The highest BCUT2D eigenvalue weighted by molar-refractivity contribution is 5.95. The van der Waals surface area contributed by atoms with E-state index in [4.69, 9.17) is 4.74 Å². The Balaban J connectivity index is 1.86. The van der Waals surface area contributed by atoms with Gasteiger partial charge >= 0.3 is 11.9 Å². The molecule has 0 aromatic rings. The number of unbranched alkanes of at least 4 members (excludes halogenated alkanes) is 19. The van der Waals surface area contributed by atoms with Crippen LogP contribution in [0.25, 0.3) is 0 Å². The summed E-state index contributed by atoms with van der Waals surface area (Å²) in [5, 5.41) is 12.3. The SMILES string of the molecule is CCCCCCCCCCCCCCCCCCCCCCOC(=O)C1=C(C)NC(C)=C(C(=O)O)C1. The number of rotatable bonds is 23. The van der Waals surface area contributed by atoms with Crippen LogP contribution in [0.15, 0.2) is 22.5 Å². The first-order chi connectivity index (χ1) is 17.5. The average Bonchev–Trinajstić information content (AvgIpc) is 2.84. The predicted octanol–water partition coefficient (Wildman–Crippen LogP) is 8.98. The monoisotopic (exact) mass is 505 g/mol. The Bertz CT molecular complexity index is 680. The Morgan fingerprint density at radius 3 is 1.39 bits per heavy atom. The topological polar surface area (TPSA) is 75.6 Å². The molecule has 0 saturated heterocycles. The number of dihydropyridines is 1. The lowest BCUT2D eigenvalue weighted by Gasteiger charge is -2.21. The van der Waals surface area contributed by atoms with Gasteiger partial charge in [-0.25, -0.2) is 9.59 Å². The summed E-state index contributed by atoms with van der Waals surface area (Å²) >= 11 is 0. The average molecular weight is 506 g/mol. The molecule has 1 aliphatic heterocycles. The molecule has 0 aliphatic carbocycles. The third-order valence-electron chi connectivity index (χ3n) is 7.37. The summed E-state index contributed by atoms with van der Waals surface area (Å²) in [4.78, 5) is 23.7.